The van der Waals surface area contributed by atoms with Gasteiger partial charge in [0.05, 0.1) is 4.47 Å². The van der Waals surface area contributed by atoms with Gasteiger partial charge in [-0.25, -0.2) is 8.78 Å². The molecule has 0 aliphatic heterocycles. The molecule has 0 heterocycles. The van der Waals surface area contributed by atoms with Gasteiger partial charge in [0.15, 0.2) is 0 Å². The molecule has 0 amide bonds. The molecule has 0 bridgehead atoms. The van der Waals surface area contributed by atoms with Gasteiger partial charge in [0, 0.05) is 11.4 Å². The van der Waals surface area contributed by atoms with Crippen LogP contribution >= 0.6 is 27.5 Å². The molecule has 0 saturated heterocycles. The highest BCUT2D eigenvalue weighted by Crippen LogP contribution is 2.25. The predicted octanol–water partition coefficient (Wildman–Crippen LogP) is 4.53. The Kier molecular flexibility index (Phi) is 5.00. The molecule has 0 nitrogen and oxygen atoms in total. The summed E-state index contributed by atoms with van der Waals surface area (Å²) < 4.78 is 27.2. The maximum atomic E-state index is 13.6. The van der Waals surface area contributed by atoms with Crippen LogP contribution in [0.25, 0.3) is 0 Å². The number of alkyl halides is 1. The lowest BCUT2D eigenvalue weighted by Gasteiger charge is -2.13. The van der Waals surface area contributed by atoms with Gasteiger partial charge in [0.25, 0.3) is 0 Å². The predicted molar refractivity (Wildman–Crippen MR) is 62.3 cm³/mol. The summed E-state index contributed by atoms with van der Waals surface area (Å²) in [6.45, 7) is 1.96. The molecule has 0 fully saturated rings. The monoisotopic (exact) mass is 296 g/mol. The first-order valence-corrected chi connectivity index (χ1v) is 6.11. The summed E-state index contributed by atoms with van der Waals surface area (Å²) in [7, 11) is 0. The van der Waals surface area contributed by atoms with Crippen molar-refractivity contribution < 1.29 is 8.78 Å². The normalized spacial score (nSPS) is 12.9. The Labute approximate surface area is 102 Å². The van der Waals surface area contributed by atoms with E-state index in [4.69, 9.17) is 11.6 Å². The van der Waals surface area contributed by atoms with Gasteiger partial charge in [-0.2, -0.15) is 0 Å². The zero-order valence-electron chi connectivity index (χ0n) is 8.37. The van der Waals surface area contributed by atoms with Crippen molar-refractivity contribution in [1.82, 2.24) is 0 Å². The highest BCUT2D eigenvalue weighted by molar-refractivity contribution is 9.10. The van der Waals surface area contributed by atoms with E-state index in [2.05, 4.69) is 15.9 Å². The molecule has 0 N–H and O–H groups in total. The molecule has 15 heavy (non-hydrogen) atoms. The first-order valence-electron chi connectivity index (χ1n) is 4.78. The molecular formula is C11H12BrClF2. The third-order valence-corrected chi connectivity index (χ3v) is 3.48. The van der Waals surface area contributed by atoms with Crippen LogP contribution in [0.3, 0.4) is 0 Å². The Morgan fingerprint density at radius 1 is 1.40 bits per heavy atom. The molecule has 1 aromatic rings. The van der Waals surface area contributed by atoms with Crippen LogP contribution in [0.15, 0.2) is 16.6 Å². The fourth-order valence-corrected chi connectivity index (χ4v) is 2.05. The van der Waals surface area contributed by atoms with Crippen molar-refractivity contribution in [3.05, 3.63) is 33.8 Å². The molecular weight excluding hydrogens is 285 g/mol. The van der Waals surface area contributed by atoms with Crippen LogP contribution < -0.4 is 0 Å². The van der Waals surface area contributed by atoms with Gasteiger partial charge < -0.3 is 0 Å². The van der Waals surface area contributed by atoms with E-state index in [0.717, 1.165) is 6.42 Å². The Morgan fingerprint density at radius 2 is 2.07 bits per heavy atom. The Hall–Kier alpha value is -0.150. The molecule has 0 aromatic heterocycles. The highest BCUT2D eigenvalue weighted by atomic mass is 79.9. The second kappa shape index (κ2) is 5.80. The minimum absolute atomic E-state index is 0.116. The lowest BCUT2D eigenvalue weighted by Crippen LogP contribution is -2.08. The fourth-order valence-electron chi connectivity index (χ4n) is 1.35. The van der Waals surface area contributed by atoms with E-state index in [-0.39, 0.29) is 11.5 Å². The fraction of sp³-hybridized carbons (Fsp3) is 0.455. The van der Waals surface area contributed by atoms with Crippen LogP contribution in [0.5, 0.6) is 0 Å². The van der Waals surface area contributed by atoms with Gasteiger partial charge in [-0.05, 0) is 40.4 Å². The average Bonchev–Trinajstić information content (AvgIpc) is 2.24. The Balaban J connectivity index is 2.97. The topological polar surface area (TPSA) is 0 Å². The van der Waals surface area contributed by atoms with Crippen LogP contribution in [0.2, 0.25) is 0 Å². The number of hydrogen-bond acceptors (Lipinski definition) is 0. The molecule has 1 rings (SSSR count). The van der Waals surface area contributed by atoms with E-state index in [9.17, 15) is 8.78 Å². The molecule has 0 aliphatic rings. The van der Waals surface area contributed by atoms with Crippen molar-refractivity contribution in [3.8, 4) is 0 Å². The first-order chi connectivity index (χ1) is 7.10. The van der Waals surface area contributed by atoms with Crippen molar-refractivity contribution in [3.63, 3.8) is 0 Å². The zero-order chi connectivity index (χ0) is 11.4. The van der Waals surface area contributed by atoms with Crippen molar-refractivity contribution in [2.24, 2.45) is 5.92 Å². The maximum absolute atomic E-state index is 13.6. The van der Waals surface area contributed by atoms with Gasteiger partial charge >= 0.3 is 0 Å². The van der Waals surface area contributed by atoms with Gasteiger partial charge in [0.2, 0.25) is 0 Å². The number of halogens is 4. The van der Waals surface area contributed by atoms with E-state index in [0.29, 0.717) is 16.8 Å². The summed E-state index contributed by atoms with van der Waals surface area (Å²) in [6, 6.07) is 2.64. The van der Waals surface area contributed by atoms with Gasteiger partial charge in [-0.15, -0.1) is 11.6 Å². The number of benzene rings is 1. The third-order valence-electron chi connectivity index (χ3n) is 2.43. The summed E-state index contributed by atoms with van der Waals surface area (Å²) >= 11 is 8.74. The van der Waals surface area contributed by atoms with Crippen molar-refractivity contribution >= 4 is 27.5 Å². The van der Waals surface area contributed by atoms with Crippen LogP contribution in [0, 0.1) is 17.6 Å². The number of hydrogen-bond donors (Lipinski definition) is 0. The molecule has 0 spiro atoms. The van der Waals surface area contributed by atoms with Crippen LogP contribution in [0.1, 0.15) is 18.9 Å². The summed E-state index contributed by atoms with van der Waals surface area (Å²) in [5.74, 6) is -0.482. The molecule has 0 radical (unpaired) electrons. The smallest absolute Gasteiger partial charge is 0.143 e. The minimum atomic E-state index is -0.515. The summed E-state index contributed by atoms with van der Waals surface area (Å²) in [6.07, 6.45) is 1.16. The third kappa shape index (κ3) is 3.15. The lowest BCUT2D eigenvalue weighted by atomic mass is 9.98. The molecule has 1 aromatic carbocycles. The second-order valence-corrected chi connectivity index (χ2v) is 4.62. The van der Waals surface area contributed by atoms with Gasteiger partial charge in [-0.3, -0.25) is 0 Å². The van der Waals surface area contributed by atoms with Gasteiger partial charge in [-0.1, -0.05) is 13.3 Å². The SMILES string of the molecule is CCC(CCl)Cc1c(F)ccc(Br)c1F. The molecule has 1 unspecified atom stereocenters. The molecule has 0 aliphatic carbocycles. The van der Waals surface area contributed by atoms with Gasteiger partial charge in [0.1, 0.15) is 11.6 Å². The largest absolute Gasteiger partial charge is 0.207 e. The summed E-state index contributed by atoms with van der Waals surface area (Å²) in [4.78, 5) is 0. The Morgan fingerprint density at radius 3 is 2.60 bits per heavy atom. The molecule has 1 atom stereocenters. The van der Waals surface area contributed by atoms with Crippen LogP contribution in [-0.4, -0.2) is 5.88 Å². The van der Waals surface area contributed by atoms with E-state index < -0.39 is 11.6 Å². The van der Waals surface area contributed by atoms with E-state index in [1.165, 1.54) is 12.1 Å². The lowest BCUT2D eigenvalue weighted by molar-refractivity contribution is 0.499. The van der Waals surface area contributed by atoms with Crippen LogP contribution in [-0.2, 0) is 6.42 Å². The Bertz CT molecular complexity index is 338. The maximum Gasteiger partial charge on any atom is 0.143 e. The quantitative estimate of drug-likeness (QED) is 0.565. The van der Waals surface area contributed by atoms with E-state index >= 15 is 0 Å². The van der Waals surface area contributed by atoms with E-state index in [1.54, 1.807) is 0 Å². The second-order valence-electron chi connectivity index (χ2n) is 3.45. The van der Waals surface area contributed by atoms with Crippen molar-refractivity contribution in [2.75, 3.05) is 5.88 Å². The summed E-state index contributed by atoms with van der Waals surface area (Å²) in [5, 5.41) is 0. The molecule has 4 heteroatoms. The average molecular weight is 298 g/mol. The molecule has 0 saturated carbocycles. The summed E-state index contributed by atoms with van der Waals surface area (Å²) in [5.41, 5.74) is 0.122. The van der Waals surface area contributed by atoms with Crippen LogP contribution in [0.4, 0.5) is 8.78 Å². The highest BCUT2D eigenvalue weighted by Gasteiger charge is 2.16. The number of rotatable bonds is 4. The van der Waals surface area contributed by atoms with Crippen molar-refractivity contribution in [2.45, 2.75) is 19.8 Å². The first kappa shape index (κ1) is 12.9. The standard InChI is InChI=1S/C11H12BrClF2/c1-2-7(6-13)5-8-10(14)4-3-9(12)11(8)15/h3-4,7H,2,5-6H2,1H3. The molecule has 84 valence electrons. The zero-order valence-corrected chi connectivity index (χ0v) is 10.7. The minimum Gasteiger partial charge on any atom is -0.207 e. The van der Waals surface area contributed by atoms with Crippen molar-refractivity contribution in [1.29, 1.82) is 0 Å². The van der Waals surface area contributed by atoms with E-state index in [1.807, 2.05) is 6.92 Å².